The second-order valence-electron chi connectivity index (χ2n) is 3.21. The maximum atomic E-state index is 5.14. The quantitative estimate of drug-likeness (QED) is 0.391. The molecule has 1 aliphatic carbocycles. The van der Waals surface area contributed by atoms with Crippen molar-refractivity contribution in [2.24, 2.45) is 0 Å². The molecular weight excluding hydrogens is 154 g/mol. The predicted molar refractivity (Wildman–Crippen MR) is 47.6 cm³/mol. The van der Waals surface area contributed by atoms with Crippen molar-refractivity contribution in [1.82, 2.24) is 5.48 Å². The van der Waals surface area contributed by atoms with E-state index < -0.39 is 0 Å². The van der Waals surface area contributed by atoms with E-state index in [4.69, 9.17) is 9.57 Å². The molecule has 0 spiro atoms. The molecule has 72 valence electrons. The van der Waals surface area contributed by atoms with Crippen LogP contribution in [0.5, 0.6) is 0 Å². The summed E-state index contributed by atoms with van der Waals surface area (Å²) in [5.41, 5.74) is 3.03. The minimum atomic E-state index is 0.368. The summed E-state index contributed by atoms with van der Waals surface area (Å²) in [4.78, 5) is 5.14. The highest BCUT2D eigenvalue weighted by molar-refractivity contribution is 4.67. The van der Waals surface area contributed by atoms with Gasteiger partial charge in [0.15, 0.2) is 6.79 Å². The summed E-state index contributed by atoms with van der Waals surface area (Å²) in [6.07, 6.45) is 6.52. The molecule has 1 aliphatic rings. The lowest BCUT2D eigenvalue weighted by Gasteiger charge is -2.21. The molecule has 3 nitrogen and oxygen atoms in total. The highest BCUT2D eigenvalue weighted by atomic mass is 16.8. The van der Waals surface area contributed by atoms with Crippen molar-refractivity contribution in [2.75, 3.05) is 13.4 Å². The van der Waals surface area contributed by atoms with Crippen molar-refractivity contribution in [3.05, 3.63) is 0 Å². The third-order valence-corrected chi connectivity index (χ3v) is 2.20. The number of nitrogens with one attached hydrogen (secondary N) is 1. The number of hydrogen-bond acceptors (Lipinski definition) is 3. The monoisotopic (exact) mass is 173 g/mol. The van der Waals surface area contributed by atoms with Gasteiger partial charge in [-0.2, -0.15) is 5.48 Å². The Morgan fingerprint density at radius 1 is 1.25 bits per heavy atom. The average Bonchev–Trinajstić information content (AvgIpc) is 2.14. The molecule has 0 unspecified atom stereocenters. The lowest BCUT2D eigenvalue weighted by atomic mass is 9.96. The number of ether oxygens (including phenoxy) is 1. The standard InChI is InChI=1S/C9H19NO2/c1-2-11-8-12-10-9-6-4-3-5-7-9/h9-10H,2-8H2,1H3. The summed E-state index contributed by atoms with van der Waals surface area (Å²) in [6.45, 7) is 3.04. The van der Waals surface area contributed by atoms with Crippen molar-refractivity contribution < 1.29 is 9.57 Å². The average molecular weight is 173 g/mol. The van der Waals surface area contributed by atoms with E-state index in [1.165, 1.54) is 32.1 Å². The van der Waals surface area contributed by atoms with Gasteiger partial charge in [-0.15, -0.1) is 0 Å². The van der Waals surface area contributed by atoms with E-state index in [1.54, 1.807) is 0 Å². The fraction of sp³-hybridized carbons (Fsp3) is 1.00. The Bertz CT molecular complexity index is 103. The Hall–Kier alpha value is -0.120. The second kappa shape index (κ2) is 6.40. The number of hydrogen-bond donors (Lipinski definition) is 1. The van der Waals surface area contributed by atoms with E-state index in [-0.39, 0.29) is 0 Å². The van der Waals surface area contributed by atoms with Crippen LogP contribution in [0.25, 0.3) is 0 Å². The van der Waals surface area contributed by atoms with Crippen molar-refractivity contribution in [3.8, 4) is 0 Å². The van der Waals surface area contributed by atoms with Crippen molar-refractivity contribution in [1.29, 1.82) is 0 Å². The van der Waals surface area contributed by atoms with E-state index in [9.17, 15) is 0 Å². The van der Waals surface area contributed by atoms with E-state index in [2.05, 4.69) is 5.48 Å². The summed E-state index contributed by atoms with van der Waals surface area (Å²) >= 11 is 0. The Balaban J connectivity index is 1.91. The largest absolute Gasteiger partial charge is 0.354 e. The fourth-order valence-corrected chi connectivity index (χ4v) is 1.50. The Morgan fingerprint density at radius 3 is 2.67 bits per heavy atom. The molecule has 1 rings (SSSR count). The maximum Gasteiger partial charge on any atom is 0.166 e. The van der Waals surface area contributed by atoms with E-state index >= 15 is 0 Å². The van der Waals surface area contributed by atoms with Crippen LogP contribution in [0.3, 0.4) is 0 Å². The fourth-order valence-electron chi connectivity index (χ4n) is 1.50. The molecule has 1 saturated carbocycles. The molecule has 0 heterocycles. The first kappa shape index (κ1) is 9.96. The van der Waals surface area contributed by atoms with Crippen molar-refractivity contribution in [2.45, 2.75) is 45.1 Å². The summed E-state index contributed by atoms with van der Waals surface area (Å²) < 4.78 is 5.04. The van der Waals surface area contributed by atoms with Gasteiger partial charge in [0.2, 0.25) is 0 Å². The minimum absolute atomic E-state index is 0.368. The zero-order chi connectivity index (χ0) is 8.65. The van der Waals surface area contributed by atoms with Gasteiger partial charge in [0.25, 0.3) is 0 Å². The molecule has 0 radical (unpaired) electrons. The SMILES string of the molecule is CCOCONC1CCCCC1. The van der Waals surface area contributed by atoms with Gasteiger partial charge in [-0.1, -0.05) is 19.3 Å². The van der Waals surface area contributed by atoms with Crippen LogP contribution in [-0.4, -0.2) is 19.4 Å². The van der Waals surface area contributed by atoms with Gasteiger partial charge in [0, 0.05) is 12.6 Å². The molecule has 0 amide bonds. The smallest absolute Gasteiger partial charge is 0.166 e. The molecule has 0 bridgehead atoms. The molecule has 12 heavy (non-hydrogen) atoms. The van der Waals surface area contributed by atoms with Crippen molar-refractivity contribution in [3.63, 3.8) is 0 Å². The third-order valence-electron chi connectivity index (χ3n) is 2.20. The Kier molecular flexibility index (Phi) is 5.32. The van der Waals surface area contributed by atoms with Crippen LogP contribution in [0.1, 0.15) is 39.0 Å². The summed E-state index contributed by atoms with van der Waals surface area (Å²) in [5.74, 6) is 0. The first-order chi connectivity index (χ1) is 5.93. The van der Waals surface area contributed by atoms with Crippen LogP contribution in [0.2, 0.25) is 0 Å². The predicted octanol–water partition coefficient (Wildman–Crippen LogP) is 1.83. The van der Waals surface area contributed by atoms with Crippen LogP contribution >= 0.6 is 0 Å². The number of rotatable bonds is 5. The van der Waals surface area contributed by atoms with Gasteiger partial charge in [0.05, 0.1) is 0 Å². The first-order valence-corrected chi connectivity index (χ1v) is 4.88. The molecule has 3 heteroatoms. The topological polar surface area (TPSA) is 30.5 Å². The van der Waals surface area contributed by atoms with Gasteiger partial charge in [-0.3, -0.25) is 4.84 Å². The van der Waals surface area contributed by atoms with Crippen LogP contribution in [0.15, 0.2) is 0 Å². The van der Waals surface area contributed by atoms with Crippen LogP contribution in [0.4, 0.5) is 0 Å². The van der Waals surface area contributed by atoms with Gasteiger partial charge in [-0.25, -0.2) is 0 Å². The second-order valence-corrected chi connectivity index (χ2v) is 3.21. The van der Waals surface area contributed by atoms with Crippen LogP contribution in [0, 0.1) is 0 Å². The molecular formula is C9H19NO2. The molecule has 0 atom stereocenters. The molecule has 0 aromatic rings. The van der Waals surface area contributed by atoms with Crippen molar-refractivity contribution >= 4 is 0 Å². The maximum absolute atomic E-state index is 5.14. The lowest BCUT2D eigenvalue weighted by molar-refractivity contribution is -0.110. The van der Waals surface area contributed by atoms with Gasteiger partial charge >= 0.3 is 0 Å². The first-order valence-electron chi connectivity index (χ1n) is 4.88. The zero-order valence-electron chi connectivity index (χ0n) is 7.84. The molecule has 1 fully saturated rings. The molecule has 0 aromatic heterocycles. The Labute approximate surface area is 74.4 Å². The highest BCUT2D eigenvalue weighted by Gasteiger charge is 2.12. The number of hydroxylamine groups is 1. The summed E-state index contributed by atoms with van der Waals surface area (Å²) in [5, 5.41) is 0. The van der Waals surface area contributed by atoms with E-state index in [0.717, 1.165) is 0 Å². The van der Waals surface area contributed by atoms with Gasteiger partial charge in [-0.05, 0) is 19.8 Å². The third kappa shape index (κ3) is 4.04. The summed E-state index contributed by atoms with van der Waals surface area (Å²) in [6, 6.07) is 0.555. The molecule has 0 saturated heterocycles. The van der Waals surface area contributed by atoms with Gasteiger partial charge in [0.1, 0.15) is 0 Å². The van der Waals surface area contributed by atoms with Gasteiger partial charge < -0.3 is 4.74 Å². The molecule has 1 N–H and O–H groups in total. The summed E-state index contributed by atoms with van der Waals surface area (Å²) in [7, 11) is 0. The van der Waals surface area contributed by atoms with Crippen LogP contribution in [-0.2, 0) is 9.57 Å². The Morgan fingerprint density at radius 2 is 2.00 bits per heavy atom. The zero-order valence-corrected chi connectivity index (χ0v) is 7.84. The lowest BCUT2D eigenvalue weighted by Crippen LogP contribution is -2.31. The van der Waals surface area contributed by atoms with Crippen LogP contribution < -0.4 is 5.48 Å². The minimum Gasteiger partial charge on any atom is -0.354 e. The van der Waals surface area contributed by atoms with E-state index in [1.807, 2.05) is 6.92 Å². The normalized spacial score (nSPS) is 19.8. The highest BCUT2D eigenvalue weighted by Crippen LogP contribution is 2.16. The molecule has 0 aromatic carbocycles. The van der Waals surface area contributed by atoms with E-state index in [0.29, 0.717) is 19.4 Å². The molecule has 0 aliphatic heterocycles.